The molecule has 0 aromatic rings. The van der Waals surface area contributed by atoms with Crippen molar-refractivity contribution in [2.75, 3.05) is 20.2 Å². The van der Waals surface area contributed by atoms with Crippen LogP contribution in [0.5, 0.6) is 0 Å². The number of carbonyl (C=O) groups excluding carboxylic acids is 1. The van der Waals surface area contributed by atoms with Gasteiger partial charge in [-0.05, 0) is 45.6 Å². The van der Waals surface area contributed by atoms with Crippen molar-refractivity contribution < 1.29 is 14.3 Å². The van der Waals surface area contributed by atoms with Gasteiger partial charge in [0, 0.05) is 18.5 Å². The van der Waals surface area contributed by atoms with E-state index < -0.39 is 0 Å². The average molecular weight is 295 g/mol. The van der Waals surface area contributed by atoms with Gasteiger partial charge in [0.1, 0.15) is 6.29 Å². The number of carbonyl (C=O) groups is 1. The third-order valence-corrected chi connectivity index (χ3v) is 5.52. The molecule has 1 saturated heterocycles. The SMILES string of the molecule is CN1CC(COC2CCC(C=O)CC2)OC2CCCCC21. The van der Waals surface area contributed by atoms with Crippen LogP contribution in [-0.2, 0) is 14.3 Å². The van der Waals surface area contributed by atoms with Crippen molar-refractivity contribution in [2.24, 2.45) is 5.92 Å². The van der Waals surface area contributed by atoms with Gasteiger partial charge in [-0.1, -0.05) is 12.8 Å². The molecule has 4 nitrogen and oxygen atoms in total. The molecule has 120 valence electrons. The maximum absolute atomic E-state index is 10.8. The van der Waals surface area contributed by atoms with Gasteiger partial charge in [0.05, 0.1) is 24.9 Å². The second-order valence-electron chi connectivity index (χ2n) is 7.09. The molecule has 1 heterocycles. The first kappa shape index (κ1) is 15.4. The highest BCUT2D eigenvalue weighted by Gasteiger charge is 2.36. The Morgan fingerprint density at radius 3 is 2.67 bits per heavy atom. The molecule has 2 aliphatic carbocycles. The van der Waals surface area contributed by atoms with Gasteiger partial charge in [0.25, 0.3) is 0 Å². The van der Waals surface area contributed by atoms with E-state index >= 15 is 0 Å². The zero-order chi connectivity index (χ0) is 14.7. The van der Waals surface area contributed by atoms with Crippen LogP contribution in [0.25, 0.3) is 0 Å². The van der Waals surface area contributed by atoms with Crippen LogP contribution in [-0.4, -0.2) is 55.7 Å². The van der Waals surface area contributed by atoms with Crippen molar-refractivity contribution in [2.45, 2.75) is 75.7 Å². The highest BCUT2D eigenvalue weighted by Crippen LogP contribution is 2.30. The number of morpholine rings is 1. The fourth-order valence-electron chi connectivity index (χ4n) is 4.21. The second kappa shape index (κ2) is 7.21. The van der Waals surface area contributed by atoms with Crippen LogP contribution in [0, 0.1) is 5.92 Å². The minimum absolute atomic E-state index is 0.221. The van der Waals surface area contributed by atoms with Gasteiger partial charge >= 0.3 is 0 Å². The summed E-state index contributed by atoms with van der Waals surface area (Å²) >= 11 is 0. The van der Waals surface area contributed by atoms with Crippen LogP contribution in [0.1, 0.15) is 51.4 Å². The molecule has 0 spiro atoms. The lowest BCUT2D eigenvalue weighted by molar-refractivity contribution is -0.155. The lowest BCUT2D eigenvalue weighted by Gasteiger charge is -2.45. The van der Waals surface area contributed by atoms with E-state index in [1.165, 1.54) is 25.7 Å². The van der Waals surface area contributed by atoms with Gasteiger partial charge in [0.2, 0.25) is 0 Å². The van der Waals surface area contributed by atoms with E-state index in [0.717, 1.165) is 38.5 Å². The summed E-state index contributed by atoms with van der Waals surface area (Å²) in [4.78, 5) is 13.3. The molecule has 3 fully saturated rings. The Bertz CT molecular complexity index is 341. The highest BCUT2D eigenvalue weighted by atomic mass is 16.5. The Labute approximate surface area is 128 Å². The maximum Gasteiger partial charge on any atom is 0.123 e. The van der Waals surface area contributed by atoms with Crippen LogP contribution in [0.4, 0.5) is 0 Å². The lowest BCUT2D eigenvalue weighted by atomic mass is 9.88. The molecule has 0 N–H and O–H groups in total. The third kappa shape index (κ3) is 3.85. The molecule has 3 unspecified atom stereocenters. The normalized spacial score (nSPS) is 41.5. The van der Waals surface area contributed by atoms with Gasteiger partial charge in [-0.2, -0.15) is 0 Å². The van der Waals surface area contributed by atoms with Crippen molar-refractivity contribution >= 4 is 6.29 Å². The molecule has 3 atom stereocenters. The van der Waals surface area contributed by atoms with Crippen LogP contribution in [0.15, 0.2) is 0 Å². The molecule has 21 heavy (non-hydrogen) atoms. The van der Waals surface area contributed by atoms with Gasteiger partial charge < -0.3 is 14.3 Å². The molecule has 0 radical (unpaired) electrons. The number of nitrogens with zero attached hydrogens (tertiary/aromatic N) is 1. The van der Waals surface area contributed by atoms with Crippen LogP contribution >= 0.6 is 0 Å². The summed E-state index contributed by atoms with van der Waals surface area (Å²) in [5.74, 6) is 0.268. The monoisotopic (exact) mass is 295 g/mol. The number of likely N-dealkylation sites (N-methyl/N-ethyl adjacent to an activating group) is 1. The highest BCUT2D eigenvalue weighted by molar-refractivity contribution is 5.53. The maximum atomic E-state index is 10.8. The van der Waals surface area contributed by atoms with E-state index in [4.69, 9.17) is 9.47 Å². The number of hydrogen-bond donors (Lipinski definition) is 0. The molecule has 3 aliphatic rings. The van der Waals surface area contributed by atoms with Gasteiger partial charge in [0.15, 0.2) is 0 Å². The van der Waals surface area contributed by atoms with Crippen LogP contribution in [0.3, 0.4) is 0 Å². The van der Waals surface area contributed by atoms with E-state index in [1.54, 1.807) is 0 Å². The summed E-state index contributed by atoms with van der Waals surface area (Å²) < 4.78 is 12.3. The number of rotatable bonds is 4. The van der Waals surface area contributed by atoms with Gasteiger partial charge in [-0.25, -0.2) is 0 Å². The Kier molecular flexibility index (Phi) is 5.30. The van der Waals surface area contributed by atoms with E-state index in [9.17, 15) is 4.79 Å². The molecule has 4 heteroatoms. The molecule has 1 aliphatic heterocycles. The molecule has 2 saturated carbocycles. The topological polar surface area (TPSA) is 38.8 Å². The summed E-state index contributed by atoms with van der Waals surface area (Å²) in [7, 11) is 2.23. The quantitative estimate of drug-likeness (QED) is 0.747. The summed E-state index contributed by atoms with van der Waals surface area (Å²) in [6.45, 7) is 1.70. The molecule has 0 aromatic carbocycles. The predicted octanol–water partition coefficient (Wildman–Crippen LogP) is 2.40. The standard InChI is InChI=1S/C17H29NO3/c1-18-10-15(21-17-5-3-2-4-16(17)18)12-20-14-8-6-13(11-19)7-9-14/h11,13-17H,2-10,12H2,1H3. The number of ether oxygens (including phenoxy) is 2. The largest absolute Gasteiger partial charge is 0.375 e. The summed E-state index contributed by atoms with van der Waals surface area (Å²) in [6, 6.07) is 0.623. The Balaban J connectivity index is 1.42. The van der Waals surface area contributed by atoms with Crippen LogP contribution in [0.2, 0.25) is 0 Å². The molecule has 0 bridgehead atoms. The third-order valence-electron chi connectivity index (χ3n) is 5.52. The first-order valence-electron chi connectivity index (χ1n) is 8.69. The molecular weight excluding hydrogens is 266 g/mol. The average Bonchev–Trinajstić information content (AvgIpc) is 2.53. The minimum atomic E-state index is 0.221. The molecule has 0 amide bonds. The Hall–Kier alpha value is -0.450. The van der Waals surface area contributed by atoms with E-state index in [0.29, 0.717) is 24.9 Å². The lowest BCUT2D eigenvalue weighted by Crippen LogP contribution is -2.55. The van der Waals surface area contributed by atoms with E-state index in [2.05, 4.69) is 11.9 Å². The fourth-order valence-corrected chi connectivity index (χ4v) is 4.21. The molecule has 3 rings (SSSR count). The van der Waals surface area contributed by atoms with E-state index in [-0.39, 0.29) is 12.0 Å². The smallest absolute Gasteiger partial charge is 0.123 e. The van der Waals surface area contributed by atoms with Crippen molar-refractivity contribution in [1.29, 1.82) is 0 Å². The zero-order valence-electron chi connectivity index (χ0n) is 13.2. The van der Waals surface area contributed by atoms with Gasteiger partial charge in [-0.15, -0.1) is 0 Å². The predicted molar refractivity (Wildman–Crippen MR) is 81.3 cm³/mol. The fraction of sp³-hybridized carbons (Fsp3) is 0.941. The Morgan fingerprint density at radius 1 is 1.14 bits per heavy atom. The minimum Gasteiger partial charge on any atom is -0.375 e. The zero-order valence-corrected chi connectivity index (χ0v) is 13.2. The number of aldehydes is 1. The first-order chi connectivity index (χ1) is 10.3. The van der Waals surface area contributed by atoms with Crippen molar-refractivity contribution in [3.05, 3.63) is 0 Å². The van der Waals surface area contributed by atoms with Gasteiger partial charge in [-0.3, -0.25) is 4.90 Å². The second-order valence-corrected chi connectivity index (χ2v) is 7.09. The number of fused-ring (bicyclic) bond motifs is 1. The molecular formula is C17H29NO3. The summed E-state index contributed by atoms with van der Waals surface area (Å²) in [5.41, 5.74) is 0. The van der Waals surface area contributed by atoms with Crippen molar-refractivity contribution in [1.82, 2.24) is 4.90 Å². The summed E-state index contributed by atoms with van der Waals surface area (Å²) in [6.07, 6.45) is 11.2. The van der Waals surface area contributed by atoms with Crippen molar-refractivity contribution in [3.8, 4) is 0 Å². The van der Waals surface area contributed by atoms with Crippen LogP contribution < -0.4 is 0 Å². The Morgan fingerprint density at radius 2 is 1.90 bits per heavy atom. The molecule has 0 aromatic heterocycles. The van der Waals surface area contributed by atoms with Crippen molar-refractivity contribution in [3.63, 3.8) is 0 Å². The first-order valence-corrected chi connectivity index (χ1v) is 8.69. The van der Waals surface area contributed by atoms with E-state index in [1.807, 2.05) is 0 Å². The summed E-state index contributed by atoms with van der Waals surface area (Å²) in [5, 5.41) is 0. The number of hydrogen-bond acceptors (Lipinski definition) is 4.